The minimum atomic E-state index is -0.360. The molecule has 0 fully saturated rings. The van der Waals surface area contributed by atoms with Gasteiger partial charge in [0, 0.05) is 18.7 Å². The lowest BCUT2D eigenvalue weighted by Gasteiger charge is -2.27. The fourth-order valence-electron chi connectivity index (χ4n) is 1.52. The van der Waals surface area contributed by atoms with Crippen molar-refractivity contribution in [3.8, 4) is 0 Å². The molecule has 0 spiro atoms. The summed E-state index contributed by atoms with van der Waals surface area (Å²) < 4.78 is 0. The van der Waals surface area contributed by atoms with Gasteiger partial charge in [-0.1, -0.05) is 39.8 Å². The van der Waals surface area contributed by atoms with Gasteiger partial charge in [-0.3, -0.25) is 10.1 Å². The van der Waals surface area contributed by atoms with E-state index < -0.39 is 0 Å². The maximum absolute atomic E-state index is 10.7. The van der Waals surface area contributed by atoms with Crippen molar-refractivity contribution in [1.82, 2.24) is 5.32 Å². The second-order valence-corrected chi connectivity index (χ2v) is 5.82. The normalized spacial score (nSPS) is 13.3. The van der Waals surface area contributed by atoms with Gasteiger partial charge in [-0.05, 0) is 23.4 Å². The van der Waals surface area contributed by atoms with Crippen LogP contribution in [0.15, 0.2) is 24.3 Å². The molecule has 1 aromatic carbocycles. The number of rotatable bonds is 5. The third-order valence-corrected chi connectivity index (χ3v) is 3.38. The van der Waals surface area contributed by atoms with Crippen molar-refractivity contribution >= 4 is 5.69 Å². The summed E-state index contributed by atoms with van der Waals surface area (Å²) in [4.78, 5) is 10.3. The molecule has 1 atom stereocenters. The maximum Gasteiger partial charge on any atom is 0.269 e. The molecule has 4 nitrogen and oxygen atoms in total. The highest BCUT2D eigenvalue weighted by molar-refractivity contribution is 5.34. The van der Waals surface area contributed by atoms with Crippen molar-refractivity contribution in [1.29, 1.82) is 0 Å². The molecule has 0 amide bonds. The van der Waals surface area contributed by atoms with E-state index in [1.54, 1.807) is 12.1 Å². The molecule has 0 aliphatic rings. The first-order valence-electron chi connectivity index (χ1n) is 6.25. The van der Waals surface area contributed by atoms with Crippen molar-refractivity contribution in [3.05, 3.63) is 39.9 Å². The predicted molar refractivity (Wildman–Crippen MR) is 73.4 cm³/mol. The van der Waals surface area contributed by atoms with Gasteiger partial charge < -0.3 is 5.32 Å². The molecule has 0 heterocycles. The fraction of sp³-hybridized carbons (Fsp3) is 0.571. The van der Waals surface area contributed by atoms with Crippen molar-refractivity contribution in [2.45, 2.75) is 34.2 Å². The Morgan fingerprint density at radius 2 is 2.06 bits per heavy atom. The van der Waals surface area contributed by atoms with Gasteiger partial charge >= 0.3 is 0 Å². The Balaban J connectivity index is 2.49. The summed E-state index contributed by atoms with van der Waals surface area (Å²) in [6.07, 6.45) is 0. The molecule has 0 saturated carbocycles. The molecule has 0 aromatic heterocycles. The topological polar surface area (TPSA) is 55.2 Å². The van der Waals surface area contributed by atoms with E-state index in [0.717, 1.165) is 12.1 Å². The van der Waals surface area contributed by atoms with Gasteiger partial charge in [-0.25, -0.2) is 0 Å². The number of nitro groups is 1. The van der Waals surface area contributed by atoms with Crippen LogP contribution in [-0.4, -0.2) is 11.5 Å². The van der Waals surface area contributed by atoms with E-state index in [4.69, 9.17) is 0 Å². The van der Waals surface area contributed by atoms with E-state index in [-0.39, 0.29) is 16.0 Å². The highest BCUT2D eigenvalue weighted by atomic mass is 16.6. The summed E-state index contributed by atoms with van der Waals surface area (Å²) >= 11 is 0. The van der Waals surface area contributed by atoms with E-state index in [2.05, 4.69) is 33.0 Å². The van der Waals surface area contributed by atoms with Crippen LogP contribution in [0.25, 0.3) is 0 Å². The summed E-state index contributed by atoms with van der Waals surface area (Å²) in [5.41, 5.74) is 1.37. The molecule has 18 heavy (non-hydrogen) atoms. The molecule has 1 aromatic rings. The predicted octanol–water partition coefficient (Wildman–Crippen LogP) is 3.37. The van der Waals surface area contributed by atoms with E-state index in [9.17, 15) is 10.1 Å². The van der Waals surface area contributed by atoms with Gasteiger partial charge in [0.25, 0.3) is 5.69 Å². The van der Waals surface area contributed by atoms with E-state index in [1.807, 2.05) is 6.07 Å². The average molecular weight is 250 g/mol. The van der Waals surface area contributed by atoms with Gasteiger partial charge in [0.15, 0.2) is 0 Å². The largest absolute Gasteiger partial charge is 0.312 e. The molecule has 0 aliphatic carbocycles. The SMILES string of the molecule is CC(CNCc1cccc([N+](=O)[O-])c1)C(C)(C)C. The third-order valence-electron chi connectivity index (χ3n) is 3.38. The number of benzene rings is 1. The Kier molecular flexibility index (Phi) is 4.84. The van der Waals surface area contributed by atoms with E-state index in [1.165, 1.54) is 6.07 Å². The fourth-order valence-corrected chi connectivity index (χ4v) is 1.52. The van der Waals surface area contributed by atoms with Crippen LogP contribution in [0.1, 0.15) is 33.3 Å². The Hall–Kier alpha value is -1.42. The van der Waals surface area contributed by atoms with E-state index in [0.29, 0.717) is 12.5 Å². The summed E-state index contributed by atoms with van der Waals surface area (Å²) in [6.45, 7) is 10.4. The Morgan fingerprint density at radius 3 is 2.61 bits per heavy atom. The lowest BCUT2D eigenvalue weighted by molar-refractivity contribution is -0.384. The van der Waals surface area contributed by atoms with Crippen molar-refractivity contribution < 1.29 is 4.92 Å². The Labute approximate surface area is 109 Å². The third kappa shape index (κ3) is 4.45. The van der Waals surface area contributed by atoms with Crippen LogP contribution in [0.5, 0.6) is 0 Å². The lowest BCUT2D eigenvalue weighted by Crippen LogP contribution is -2.29. The average Bonchev–Trinajstić information content (AvgIpc) is 2.28. The first kappa shape index (κ1) is 14.6. The zero-order valence-electron chi connectivity index (χ0n) is 11.6. The van der Waals surface area contributed by atoms with Crippen molar-refractivity contribution in [2.24, 2.45) is 11.3 Å². The highest BCUT2D eigenvalue weighted by Crippen LogP contribution is 2.24. The van der Waals surface area contributed by atoms with Crippen LogP contribution in [0.3, 0.4) is 0 Å². The van der Waals surface area contributed by atoms with Crippen molar-refractivity contribution in [2.75, 3.05) is 6.54 Å². The zero-order valence-corrected chi connectivity index (χ0v) is 11.6. The van der Waals surface area contributed by atoms with Gasteiger partial charge in [0.1, 0.15) is 0 Å². The summed E-state index contributed by atoms with van der Waals surface area (Å²) in [6, 6.07) is 6.76. The standard InChI is InChI=1S/C14H22N2O2/c1-11(14(2,3)4)9-15-10-12-6-5-7-13(8-12)16(17)18/h5-8,11,15H,9-10H2,1-4H3. The summed E-state index contributed by atoms with van der Waals surface area (Å²) in [5.74, 6) is 0.552. The minimum absolute atomic E-state index is 0.151. The number of nitrogens with zero attached hydrogens (tertiary/aromatic N) is 1. The Morgan fingerprint density at radius 1 is 1.39 bits per heavy atom. The van der Waals surface area contributed by atoms with Crippen LogP contribution >= 0.6 is 0 Å². The molecule has 1 rings (SSSR count). The molecule has 0 aliphatic heterocycles. The van der Waals surface area contributed by atoms with Gasteiger partial charge in [-0.15, -0.1) is 0 Å². The lowest BCUT2D eigenvalue weighted by atomic mass is 9.82. The van der Waals surface area contributed by atoms with Gasteiger partial charge in [0.05, 0.1) is 4.92 Å². The smallest absolute Gasteiger partial charge is 0.269 e. The number of non-ortho nitro benzene ring substituents is 1. The van der Waals surface area contributed by atoms with Crippen LogP contribution in [0.2, 0.25) is 0 Å². The monoisotopic (exact) mass is 250 g/mol. The van der Waals surface area contributed by atoms with Crippen LogP contribution in [0.4, 0.5) is 5.69 Å². The molecule has 0 radical (unpaired) electrons. The van der Waals surface area contributed by atoms with Crippen LogP contribution in [0, 0.1) is 21.4 Å². The maximum atomic E-state index is 10.7. The minimum Gasteiger partial charge on any atom is -0.312 e. The molecule has 0 saturated heterocycles. The molecule has 0 bridgehead atoms. The number of nitrogens with one attached hydrogen (secondary N) is 1. The first-order chi connectivity index (χ1) is 8.30. The summed E-state index contributed by atoms with van der Waals surface area (Å²) in [5, 5.41) is 14.0. The highest BCUT2D eigenvalue weighted by Gasteiger charge is 2.19. The molecular weight excluding hydrogens is 228 g/mol. The van der Waals surface area contributed by atoms with E-state index >= 15 is 0 Å². The number of nitro benzene ring substituents is 1. The molecule has 4 heteroatoms. The molecular formula is C14H22N2O2. The second-order valence-electron chi connectivity index (χ2n) is 5.82. The quantitative estimate of drug-likeness (QED) is 0.644. The van der Waals surface area contributed by atoms with Gasteiger partial charge in [0.2, 0.25) is 0 Å². The number of hydrogen-bond donors (Lipinski definition) is 1. The number of hydrogen-bond acceptors (Lipinski definition) is 3. The molecule has 100 valence electrons. The zero-order chi connectivity index (χ0) is 13.8. The second kappa shape index (κ2) is 5.96. The van der Waals surface area contributed by atoms with Crippen LogP contribution in [-0.2, 0) is 6.54 Å². The first-order valence-corrected chi connectivity index (χ1v) is 6.25. The van der Waals surface area contributed by atoms with Gasteiger partial charge in [-0.2, -0.15) is 0 Å². The van der Waals surface area contributed by atoms with Crippen molar-refractivity contribution in [3.63, 3.8) is 0 Å². The summed E-state index contributed by atoms with van der Waals surface area (Å²) in [7, 11) is 0. The molecule has 1 N–H and O–H groups in total. The van der Waals surface area contributed by atoms with Crippen LogP contribution < -0.4 is 5.32 Å². The Bertz CT molecular complexity index is 411. The molecule has 1 unspecified atom stereocenters.